The molecule has 0 saturated heterocycles. The molecule has 0 saturated carbocycles. The van der Waals surface area contributed by atoms with Crippen molar-refractivity contribution < 1.29 is 4.79 Å². The first-order valence-corrected chi connectivity index (χ1v) is 5.43. The molecular weight excluding hydrogens is 242 g/mol. The van der Waals surface area contributed by atoms with Crippen LogP contribution in [0.15, 0.2) is 24.3 Å². The number of benzene rings is 1. The molecule has 0 aliphatic heterocycles. The SMILES string of the molecule is Cn1nnnc1-c1cccc(NC(=O)CCl)c1. The number of hydrogen-bond acceptors (Lipinski definition) is 4. The summed E-state index contributed by atoms with van der Waals surface area (Å²) in [6, 6.07) is 7.24. The fraction of sp³-hybridized carbons (Fsp3) is 0.200. The molecule has 17 heavy (non-hydrogen) atoms. The van der Waals surface area contributed by atoms with Gasteiger partial charge in [-0.25, -0.2) is 4.68 Å². The Bertz CT molecular complexity index is 539. The van der Waals surface area contributed by atoms with Gasteiger partial charge in [-0.2, -0.15) is 0 Å². The van der Waals surface area contributed by atoms with Crippen molar-refractivity contribution in [1.29, 1.82) is 0 Å². The highest BCUT2D eigenvalue weighted by atomic mass is 35.5. The molecule has 0 bridgehead atoms. The van der Waals surface area contributed by atoms with Gasteiger partial charge in [0.15, 0.2) is 5.82 Å². The number of carbonyl (C=O) groups is 1. The first-order valence-electron chi connectivity index (χ1n) is 4.89. The van der Waals surface area contributed by atoms with Crippen LogP contribution in [0.4, 0.5) is 5.69 Å². The highest BCUT2D eigenvalue weighted by Gasteiger charge is 2.07. The Hall–Kier alpha value is -1.95. The number of hydrogen-bond donors (Lipinski definition) is 1. The van der Waals surface area contributed by atoms with Crippen LogP contribution in [0.5, 0.6) is 0 Å². The maximum absolute atomic E-state index is 11.2. The monoisotopic (exact) mass is 251 g/mol. The number of halogens is 1. The maximum Gasteiger partial charge on any atom is 0.239 e. The van der Waals surface area contributed by atoms with Gasteiger partial charge in [-0.3, -0.25) is 4.79 Å². The highest BCUT2D eigenvalue weighted by molar-refractivity contribution is 6.29. The molecule has 0 unspecified atom stereocenters. The van der Waals surface area contributed by atoms with E-state index < -0.39 is 0 Å². The maximum atomic E-state index is 11.2. The van der Waals surface area contributed by atoms with Crippen LogP contribution in [-0.2, 0) is 11.8 Å². The van der Waals surface area contributed by atoms with Crippen molar-refractivity contribution in [3.05, 3.63) is 24.3 Å². The molecule has 0 radical (unpaired) electrons. The topological polar surface area (TPSA) is 72.7 Å². The lowest BCUT2D eigenvalue weighted by Gasteiger charge is -2.05. The molecule has 88 valence electrons. The summed E-state index contributed by atoms with van der Waals surface area (Å²) in [5, 5.41) is 13.9. The Morgan fingerprint density at radius 1 is 1.53 bits per heavy atom. The summed E-state index contributed by atoms with van der Waals surface area (Å²) in [7, 11) is 1.75. The van der Waals surface area contributed by atoms with E-state index in [1.807, 2.05) is 12.1 Å². The summed E-state index contributed by atoms with van der Waals surface area (Å²) >= 11 is 5.42. The minimum atomic E-state index is -0.250. The molecule has 1 amide bonds. The van der Waals surface area contributed by atoms with Gasteiger partial charge in [-0.05, 0) is 22.6 Å². The van der Waals surface area contributed by atoms with E-state index in [2.05, 4.69) is 20.8 Å². The fourth-order valence-electron chi connectivity index (χ4n) is 1.40. The molecule has 1 aromatic heterocycles. The number of carbonyl (C=O) groups excluding carboxylic acids is 1. The Kier molecular flexibility index (Phi) is 3.34. The van der Waals surface area contributed by atoms with Gasteiger partial charge in [0.1, 0.15) is 5.88 Å². The van der Waals surface area contributed by atoms with Crippen molar-refractivity contribution in [3.8, 4) is 11.4 Å². The number of alkyl halides is 1. The number of tetrazole rings is 1. The van der Waals surface area contributed by atoms with Crippen molar-refractivity contribution in [1.82, 2.24) is 20.2 Å². The molecule has 0 atom stereocenters. The molecule has 6 nitrogen and oxygen atoms in total. The van der Waals surface area contributed by atoms with Crippen molar-refractivity contribution in [2.45, 2.75) is 0 Å². The average Bonchev–Trinajstić information content (AvgIpc) is 2.75. The lowest BCUT2D eigenvalue weighted by molar-refractivity contribution is -0.113. The summed E-state index contributed by atoms with van der Waals surface area (Å²) in [5.74, 6) is 0.308. The molecule has 0 aliphatic carbocycles. The first kappa shape index (κ1) is 11.5. The summed E-state index contributed by atoms with van der Waals surface area (Å²) in [5.41, 5.74) is 1.49. The molecule has 1 N–H and O–H groups in total. The quantitative estimate of drug-likeness (QED) is 0.828. The summed E-state index contributed by atoms with van der Waals surface area (Å²) in [6.45, 7) is 0. The van der Waals surface area contributed by atoms with Crippen molar-refractivity contribution in [3.63, 3.8) is 0 Å². The van der Waals surface area contributed by atoms with Gasteiger partial charge in [0, 0.05) is 18.3 Å². The van der Waals surface area contributed by atoms with Crippen LogP contribution in [0.3, 0.4) is 0 Å². The van der Waals surface area contributed by atoms with Crippen LogP contribution < -0.4 is 5.32 Å². The number of rotatable bonds is 3. The lowest BCUT2D eigenvalue weighted by atomic mass is 10.2. The molecule has 2 aromatic rings. The third-order valence-corrected chi connectivity index (χ3v) is 2.39. The standard InChI is InChI=1S/C10H10ClN5O/c1-16-10(13-14-15-16)7-3-2-4-8(5-7)12-9(17)6-11/h2-5H,6H2,1H3,(H,12,17). The van der Waals surface area contributed by atoms with Gasteiger partial charge in [-0.1, -0.05) is 12.1 Å². The first-order chi connectivity index (χ1) is 8.20. The number of anilines is 1. The number of nitrogens with one attached hydrogen (secondary N) is 1. The second kappa shape index (κ2) is 4.92. The van der Waals surface area contributed by atoms with Crippen LogP contribution >= 0.6 is 11.6 Å². The van der Waals surface area contributed by atoms with Gasteiger partial charge < -0.3 is 5.32 Å². The fourth-order valence-corrected chi connectivity index (χ4v) is 1.47. The zero-order valence-electron chi connectivity index (χ0n) is 9.09. The Balaban J connectivity index is 2.29. The van der Waals surface area contributed by atoms with E-state index in [9.17, 15) is 4.79 Å². The third kappa shape index (κ3) is 2.59. The van der Waals surface area contributed by atoms with Gasteiger partial charge in [-0.15, -0.1) is 16.7 Å². The summed E-state index contributed by atoms with van der Waals surface area (Å²) in [6.07, 6.45) is 0. The largest absolute Gasteiger partial charge is 0.325 e. The zero-order valence-corrected chi connectivity index (χ0v) is 9.85. The zero-order chi connectivity index (χ0) is 12.3. The molecule has 0 aliphatic rings. The Morgan fingerprint density at radius 2 is 2.35 bits per heavy atom. The van der Waals surface area contributed by atoms with Gasteiger partial charge in [0.2, 0.25) is 5.91 Å². The molecule has 1 heterocycles. The van der Waals surface area contributed by atoms with Crippen LogP contribution in [0, 0.1) is 0 Å². The Morgan fingerprint density at radius 3 is 3.00 bits per heavy atom. The second-order valence-electron chi connectivity index (χ2n) is 3.39. The van der Waals surface area contributed by atoms with Crippen LogP contribution in [-0.4, -0.2) is 32.0 Å². The van der Waals surface area contributed by atoms with Crippen molar-refractivity contribution in [2.24, 2.45) is 7.05 Å². The van der Waals surface area contributed by atoms with E-state index >= 15 is 0 Å². The van der Waals surface area contributed by atoms with Crippen molar-refractivity contribution >= 4 is 23.2 Å². The summed E-state index contributed by atoms with van der Waals surface area (Å²) in [4.78, 5) is 11.2. The number of aromatic nitrogens is 4. The smallest absolute Gasteiger partial charge is 0.239 e. The lowest BCUT2D eigenvalue weighted by Crippen LogP contribution is -2.12. The average molecular weight is 252 g/mol. The normalized spacial score (nSPS) is 10.2. The van der Waals surface area contributed by atoms with Crippen LogP contribution in [0.2, 0.25) is 0 Å². The van der Waals surface area contributed by atoms with E-state index in [0.717, 1.165) is 5.56 Å². The van der Waals surface area contributed by atoms with Crippen LogP contribution in [0.25, 0.3) is 11.4 Å². The molecule has 0 spiro atoms. The van der Waals surface area contributed by atoms with Crippen molar-refractivity contribution in [2.75, 3.05) is 11.2 Å². The number of aryl methyl sites for hydroxylation is 1. The molecule has 1 aromatic carbocycles. The number of nitrogens with zero attached hydrogens (tertiary/aromatic N) is 4. The summed E-state index contributed by atoms with van der Waals surface area (Å²) < 4.78 is 1.56. The minimum Gasteiger partial charge on any atom is -0.325 e. The van der Waals surface area contributed by atoms with E-state index in [1.54, 1.807) is 23.9 Å². The molecule has 2 rings (SSSR count). The van der Waals surface area contributed by atoms with E-state index in [0.29, 0.717) is 11.5 Å². The minimum absolute atomic E-state index is 0.0737. The predicted octanol–water partition coefficient (Wildman–Crippen LogP) is 1.05. The van der Waals surface area contributed by atoms with E-state index in [-0.39, 0.29) is 11.8 Å². The highest BCUT2D eigenvalue weighted by Crippen LogP contribution is 2.19. The molecule has 0 fully saturated rings. The van der Waals surface area contributed by atoms with E-state index in [1.165, 1.54) is 0 Å². The van der Waals surface area contributed by atoms with E-state index in [4.69, 9.17) is 11.6 Å². The predicted molar refractivity (Wildman–Crippen MR) is 63.6 cm³/mol. The van der Waals surface area contributed by atoms with Crippen LogP contribution in [0.1, 0.15) is 0 Å². The Labute approximate surface area is 103 Å². The van der Waals surface area contributed by atoms with Gasteiger partial charge >= 0.3 is 0 Å². The number of amides is 1. The second-order valence-corrected chi connectivity index (χ2v) is 3.66. The molecule has 7 heteroatoms. The third-order valence-electron chi connectivity index (χ3n) is 2.15. The van der Waals surface area contributed by atoms with Gasteiger partial charge in [0.05, 0.1) is 0 Å². The van der Waals surface area contributed by atoms with Gasteiger partial charge in [0.25, 0.3) is 0 Å². The molecular formula is C10H10ClN5O.